The Bertz CT molecular complexity index is 1640. The first-order valence-corrected chi connectivity index (χ1v) is 13.2. The van der Waals surface area contributed by atoms with E-state index in [2.05, 4.69) is 34.0 Å². The molecule has 0 heterocycles. The number of nitrogens with one attached hydrogen (secondary N) is 1. The van der Waals surface area contributed by atoms with Crippen LogP contribution >= 0.6 is 34.2 Å². The largest absolute Gasteiger partial charge is 0.490 e. The number of benzene rings is 4. The lowest BCUT2D eigenvalue weighted by Gasteiger charge is -2.16. The summed E-state index contributed by atoms with van der Waals surface area (Å²) in [6.45, 7) is 2.57. The highest BCUT2D eigenvalue weighted by atomic mass is 127. The highest BCUT2D eigenvalue weighted by Crippen LogP contribution is 2.36. The molecule has 0 atom stereocenters. The Morgan fingerprint density at radius 2 is 1.90 bits per heavy atom. The van der Waals surface area contributed by atoms with Gasteiger partial charge in [0.1, 0.15) is 18.2 Å². The van der Waals surface area contributed by atoms with Gasteiger partial charge in [-0.2, -0.15) is 5.26 Å². The van der Waals surface area contributed by atoms with Gasteiger partial charge in [0.25, 0.3) is 11.6 Å². The monoisotopic (exact) mass is 653 g/mol. The molecule has 39 heavy (non-hydrogen) atoms. The number of nitriles is 1. The van der Waals surface area contributed by atoms with E-state index in [9.17, 15) is 20.2 Å². The van der Waals surface area contributed by atoms with Gasteiger partial charge in [-0.25, -0.2) is 0 Å². The minimum atomic E-state index is -0.711. The fraction of sp³-hybridized carbons (Fsp3) is 0.103. The molecule has 10 heteroatoms. The van der Waals surface area contributed by atoms with Crippen molar-refractivity contribution in [3.63, 3.8) is 0 Å². The van der Waals surface area contributed by atoms with E-state index >= 15 is 0 Å². The van der Waals surface area contributed by atoms with Crippen molar-refractivity contribution >= 4 is 68.3 Å². The van der Waals surface area contributed by atoms with Gasteiger partial charge < -0.3 is 14.8 Å². The van der Waals surface area contributed by atoms with Gasteiger partial charge in [0, 0.05) is 12.1 Å². The Morgan fingerprint density at radius 1 is 1.13 bits per heavy atom. The van der Waals surface area contributed by atoms with Gasteiger partial charge >= 0.3 is 0 Å². The van der Waals surface area contributed by atoms with E-state index < -0.39 is 10.8 Å². The molecule has 4 aromatic rings. The van der Waals surface area contributed by atoms with Gasteiger partial charge in [-0.1, -0.05) is 54.1 Å². The van der Waals surface area contributed by atoms with E-state index in [0.29, 0.717) is 30.3 Å². The van der Waals surface area contributed by atoms with Crippen molar-refractivity contribution in [2.45, 2.75) is 13.5 Å². The maximum Gasteiger partial charge on any atom is 0.271 e. The molecule has 4 rings (SSSR count). The first kappa shape index (κ1) is 27.9. The molecule has 0 aliphatic carbocycles. The van der Waals surface area contributed by atoms with Crippen LogP contribution in [-0.4, -0.2) is 17.4 Å². The molecule has 0 aromatic heterocycles. The number of amides is 1. The van der Waals surface area contributed by atoms with Gasteiger partial charge in [0.15, 0.2) is 11.5 Å². The number of fused-ring (bicyclic) bond motifs is 1. The molecule has 0 radical (unpaired) electrons. The maximum absolute atomic E-state index is 12.8. The Hall–Kier alpha value is -4.14. The summed E-state index contributed by atoms with van der Waals surface area (Å²) in [5, 5.41) is 25.3. The summed E-state index contributed by atoms with van der Waals surface area (Å²) in [4.78, 5) is 23.1. The number of hydrogen-bond acceptors (Lipinski definition) is 6. The average molecular weight is 654 g/mol. The number of anilines is 1. The molecule has 0 spiro atoms. The van der Waals surface area contributed by atoms with Crippen molar-refractivity contribution in [3.05, 3.63) is 108 Å². The van der Waals surface area contributed by atoms with E-state index in [4.69, 9.17) is 21.1 Å². The lowest BCUT2D eigenvalue weighted by molar-refractivity contribution is -0.384. The number of ether oxygens (including phenoxy) is 2. The van der Waals surface area contributed by atoms with Crippen molar-refractivity contribution < 1.29 is 19.2 Å². The molecule has 0 unspecified atom stereocenters. The summed E-state index contributed by atoms with van der Waals surface area (Å²) in [6, 6.07) is 23.2. The second-order valence-corrected chi connectivity index (χ2v) is 9.80. The zero-order valence-electron chi connectivity index (χ0n) is 20.6. The number of nitrogens with zero attached hydrogens (tertiary/aromatic N) is 2. The van der Waals surface area contributed by atoms with Crippen LogP contribution < -0.4 is 14.8 Å². The Balaban J connectivity index is 1.58. The Kier molecular flexibility index (Phi) is 9.01. The van der Waals surface area contributed by atoms with Crippen LogP contribution in [-0.2, 0) is 11.4 Å². The average Bonchev–Trinajstić information content (AvgIpc) is 2.92. The first-order chi connectivity index (χ1) is 18.8. The van der Waals surface area contributed by atoms with Crippen LogP contribution in [0.4, 0.5) is 11.4 Å². The number of nitro groups is 1. The van der Waals surface area contributed by atoms with Crippen LogP contribution in [0.25, 0.3) is 16.8 Å². The summed E-state index contributed by atoms with van der Waals surface area (Å²) in [6.07, 6.45) is 1.42. The molecule has 4 aromatic carbocycles. The van der Waals surface area contributed by atoms with Gasteiger partial charge in [-0.3, -0.25) is 14.9 Å². The molecule has 1 amide bonds. The zero-order valence-corrected chi connectivity index (χ0v) is 23.5. The van der Waals surface area contributed by atoms with Crippen molar-refractivity contribution in [1.82, 2.24) is 0 Å². The smallest absolute Gasteiger partial charge is 0.271 e. The second kappa shape index (κ2) is 12.6. The predicted octanol–water partition coefficient (Wildman–Crippen LogP) is 7.53. The van der Waals surface area contributed by atoms with Gasteiger partial charge in [-0.15, -0.1) is 0 Å². The molecule has 0 saturated carbocycles. The SMILES string of the molecule is CCOc1cc(/C=C(/C#N)C(=O)Nc2ccc([N+](=O)[O-])cc2Cl)cc(I)c1OCc1cccc2ccccc12. The molecule has 0 saturated heterocycles. The number of halogens is 2. The van der Waals surface area contributed by atoms with E-state index in [-0.39, 0.29) is 22.0 Å². The molecule has 196 valence electrons. The number of carbonyl (C=O) groups excluding carboxylic acids is 1. The topological polar surface area (TPSA) is 114 Å². The predicted molar refractivity (Wildman–Crippen MR) is 159 cm³/mol. The minimum Gasteiger partial charge on any atom is -0.490 e. The number of rotatable bonds is 9. The van der Waals surface area contributed by atoms with Gasteiger partial charge in [0.05, 0.1) is 25.8 Å². The molecule has 0 aliphatic heterocycles. The normalized spacial score (nSPS) is 11.1. The standard InChI is InChI=1S/C29H21ClIN3O5/c1-2-38-27-14-18(12-21(16-32)29(35)33-26-11-10-22(34(36)37)15-24(26)30)13-25(31)28(27)39-17-20-8-5-7-19-6-3-4-9-23(19)20/h3-15H,2,17H2,1H3,(H,33,35)/b21-12-. The molecular weight excluding hydrogens is 633 g/mol. The molecule has 8 nitrogen and oxygen atoms in total. The van der Waals surface area contributed by atoms with E-state index in [1.165, 1.54) is 18.2 Å². The number of carbonyl (C=O) groups is 1. The van der Waals surface area contributed by atoms with E-state index in [1.54, 1.807) is 12.1 Å². The minimum absolute atomic E-state index is 0.0179. The Morgan fingerprint density at radius 3 is 2.62 bits per heavy atom. The van der Waals surface area contributed by atoms with Crippen LogP contribution in [0.2, 0.25) is 5.02 Å². The van der Waals surface area contributed by atoms with Crippen LogP contribution in [0.15, 0.2) is 78.4 Å². The fourth-order valence-corrected chi connectivity index (χ4v) is 4.87. The van der Waals surface area contributed by atoms with Crippen LogP contribution in [0.3, 0.4) is 0 Å². The Labute approximate surface area is 243 Å². The van der Waals surface area contributed by atoms with Crippen LogP contribution in [0, 0.1) is 25.0 Å². The van der Waals surface area contributed by atoms with Gasteiger partial charge in [0.2, 0.25) is 0 Å². The highest BCUT2D eigenvalue weighted by Gasteiger charge is 2.17. The highest BCUT2D eigenvalue weighted by molar-refractivity contribution is 14.1. The number of nitro benzene ring substituents is 1. The third-order valence-electron chi connectivity index (χ3n) is 5.67. The van der Waals surface area contributed by atoms with Crippen molar-refractivity contribution in [2.75, 3.05) is 11.9 Å². The molecule has 1 N–H and O–H groups in total. The van der Waals surface area contributed by atoms with Gasteiger partial charge in [-0.05, 0) is 75.7 Å². The second-order valence-electron chi connectivity index (χ2n) is 8.24. The lowest BCUT2D eigenvalue weighted by Crippen LogP contribution is -2.14. The summed E-state index contributed by atoms with van der Waals surface area (Å²) >= 11 is 8.20. The van der Waals surface area contributed by atoms with Crippen molar-refractivity contribution in [1.29, 1.82) is 5.26 Å². The van der Waals surface area contributed by atoms with Crippen LogP contribution in [0.1, 0.15) is 18.1 Å². The van der Waals surface area contributed by atoms with E-state index in [1.807, 2.05) is 49.4 Å². The molecule has 0 bridgehead atoms. The lowest BCUT2D eigenvalue weighted by atomic mass is 10.1. The molecule has 0 aliphatic rings. The maximum atomic E-state index is 12.8. The first-order valence-electron chi connectivity index (χ1n) is 11.7. The summed E-state index contributed by atoms with van der Waals surface area (Å²) < 4.78 is 12.8. The molecular formula is C29H21ClIN3O5. The third kappa shape index (κ3) is 6.66. The zero-order chi connectivity index (χ0) is 27.9. The molecule has 0 fully saturated rings. The number of hydrogen-bond donors (Lipinski definition) is 1. The van der Waals surface area contributed by atoms with Crippen LogP contribution in [0.5, 0.6) is 11.5 Å². The van der Waals surface area contributed by atoms with Crippen molar-refractivity contribution in [3.8, 4) is 17.6 Å². The quantitative estimate of drug-likeness (QED) is 0.0657. The fourth-order valence-electron chi connectivity index (χ4n) is 3.87. The number of non-ortho nitro benzene ring substituents is 1. The third-order valence-corrected chi connectivity index (χ3v) is 6.79. The summed E-state index contributed by atoms with van der Waals surface area (Å²) in [7, 11) is 0. The van der Waals surface area contributed by atoms with Crippen molar-refractivity contribution in [2.24, 2.45) is 0 Å². The summed E-state index contributed by atoms with van der Waals surface area (Å²) in [5.41, 5.74) is 1.34. The summed E-state index contributed by atoms with van der Waals surface area (Å²) in [5.74, 6) is 0.327. The van der Waals surface area contributed by atoms with E-state index in [0.717, 1.165) is 26.0 Å².